The number of anilines is 3. The summed E-state index contributed by atoms with van der Waals surface area (Å²) in [6.07, 6.45) is 3.41. The second-order valence-electron chi connectivity index (χ2n) is 7.54. The van der Waals surface area contributed by atoms with Crippen molar-refractivity contribution in [1.29, 1.82) is 0 Å². The maximum absolute atomic E-state index is 12.8. The van der Waals surface area contributed by atoms with Crippen molar-refractivity contribution in [3.05, 3.63) is 60.3 Å². The molecule has 2 aliphatic heterocycles. The lowest BCUT2D eigenvalue weighted by Gasteiger charge is -2.45. The normalized spacial score (nSPS) is 18.1. The summed E-state index contributed by atoms with van der Waals surface area (Å²) in [4.78, 5) is 19.7. The molecule has 1 amide bonds. The number of aromatic nitrogens is 1. The van der Waals surface area contributed by atoms with Crippen LogP contribution in [-0.4, -0.2) is 29.5 Å². The van der Waals surface area contributed by atoms with Crippen molar-refractivity contribution >= 4 is 33.9 Å². The predicted molar refractivity (Wildman–Crippen MR) is 109 cm³/mol. The van der Waals surface area contributed by atoms with E-state index in [4.69, 9.17) is 0 Å². The molecule has 5 rings (SSSR count). The van der Waals surface area contributed by atoms with Crippen LogP contribution in [0, 0.1) is 6.92 Å². The number of para-hydroxylation sites is 2. The number of pyridine rings is 1. The van der Waals surface area contributed by atoms with Crippen molar-refractivity contribution < 1.29 is 4.79 Å². The van der Waals surface area contributed by atoms with Crippen molar-refractivity contribution in [2.45, 2.75) is 25.3 Å². The Hall–Kier alpha value is -3.08. The van der Waals surface area contributed by atoms with Crippen LogP contribution in [0.4, 0.5) is 17.1 Å². The van der Waals surface area contributed by atoms with Crippen LogP contribution in [0.5, 0.6) is 0 Å². The van der Waals surface area contributed by atoms with Gasteiger partial charge in [0, 0.05) is 30.4 Å². The van der Waals surface area contributed by atoms with Gasteiger partial charge in [-0.1, -0.05) is 23.8 Å². The van der Waals surface area contributed by atoms with Crippen LogP contribution in [0.15, 0.2) is 54.7 Å². The molecule has 2 aromatic carbocycles. The first-order chi connectivity index (χ1) is 13.1. The van der Waals surface area contributed by atoms with E-state index >= 15 is 0 Å². The van der Waals surface area contributed by atoms with Gasteiger partial charge < -0.3 is 15.5 Å². The van der Waals surface area contributed by atoms with Crippen molar-refractivity contribution in [2.75, 3.05) is 28.6 Å². The van der Waals surface area contributed by atoms with Gasteiger partial charge in [-0.3, -0.25) is 9.78 Å². The molecule has 2 aliphatic rings. The molecule has 136 valence electrons. The second-order valence-corrected chi connectivity index (χ2v) is 7.54. The molecule has 0 saturated carbocycles. The van der Waals surface area contributed by atoms with Crippen molar-refractivity contribution in [2.24, 2.45) is 0 Å². The van der Waals surface area contributed by atoms with E-state index in [2.05, 4.69) is 51.7 Å². The number of fused-ring (bicyclic) bond motifs is 2. The zero-order valence-corrected chi connectivity index (χ0v) is 15.3. The summed E-state index contributed by atoms with van der Waals surface area (Å²) in [5.41, 5.74) is 4.80. The topological polar surface area (TPSA) is 57.3 Å². The molecule has 1 fully saturated rings. The molecule has 1 saturated heterocycles. The molecule has 3 aromatic rings. The van der Waals surface area contributed by atoms with E-state index in [1.165, 1.54) is 16.6 Å². The molecule has 0 atom stereocenters. The fourth-order valence-corrected chi connectivity index (χ4v) is 4.26. The molecule has 1 spiro atoms. The van der Waals surface area contributed by atoms with Gasteiger partial charge >= 0.3 is 0 Å². The maximum Gasteiger partial charge on any atom is 0.250 e. The highest BCUT2D eigenvalue weighted by atomic mass is 16.2. The van der Waals surface area contributed by atoms with Crippen molar-refractivity contribution in [3.8, 4) is 0 Å². The minimum atomic E-state index is -0.524. The Bertz CT molecular complexity index is 1040. The number of aryl methyl sites for hydroxylation is 1. The Balaban J connectivity index is 1.43. The number of nitrogens with zero attached hydrogens (tertiary/aromatic N) is 2. The van der Waals surface area contributed by atoms with Gasteiger partial charge in [-0.25, -0.2) is 0 Å². The number of nitrogens with one attached hydrogen (secondary N) is 2. The molecule has 1 aromatic heterocycles. The van der Waals surface area contributed by atoms with Gasteiger partial charge in [0.2, 0.25) is 5.91 Å². The van der Waals surface area contributed by atoms with Gasteiger partial charge in [0.1, 0.15) is 5.54 Å². The first-order valence-corrected chi connectivity index (χ1v) is 9.44. The van der Waals surface area contributed by atoms with Gasteiger partial charge in [-0.2, -0.15) is 0 Å². The third-order valence-electron chi connectivity index (χ3n) is 5.82. The first-order valence-electron chi connectivity index (χ1n) is 9.44. The van der Waals surface area contributed by atoms with Gasteiger partial charge in [-0.15, -0.1) is 0 Å². The minimum absolute atomic E-state index is 0.0799. The van der Waals surface area contributed by atoms with Gasteiger partial charge in [0.05, 0.1) is 16.9 Å². The largest absolute Gasteiger partial charge is 0.371 e. The lowest BCUT2D eigenvalue weighted by atomic mass is 9.84. The molecule has 0 radical (unpaired) electrons. The van der Waals surface area contributed by atoms with E-state index in [0.29, 0.717) is 0 Å². The van der Waals surface area contributed by atoms with Crippen LogP contribution in [0.25, 0.3) is 10.9 Å². The molecule has 0 bridgehead atoms. The van der Waals surface area contributed by atoms with Crippen LogP contribution in [0.1, 0.15) is 18.4 Å². The van der Waals surface area contributed by atoms with E-state index in [-0.39, 0.29) is 5.91 Å². The summed E-state index contributed by atoms with van der Waals surface area (Å²) in [5, 5.41) is 7.79. The zero-order chi connectivity index (χ0) is 18.4. The van der Waals surface area contributed by atoms with E-state index in [9.17, 15) is 4.79 Å². The second kappa shape index (κ2) is 5.98. The lowest BCUT2D eigenvalue weighted by Crippen LogP contribution is -2.58. The Kier molecular flexibility index (Phi) is 3.57. The Morgan fingerprint density at radius 2 is 1.81 bits per heavy atom. The molecular formula is C22H22N4O. The Morgan fingerprint density at radius 1 is 1.04 bits per heavy atom. The third-order valence-corrected chi connectivity index (χ3v) is 5.82. The summed E-state index contributed by atoms with van der Waals surface area (Å²) in [6, 6.07) is 16.4. The Labute approximate surface area is 158 Å². The SMILES string of the molecule is Cc1ccc2nccc(N3CCC4(CC3)Nc3ccccc3NC4=O)c2c1. The van der Waals surface area contributed by atoms with Crippen molar-refractivity contribution in [1.82, 2.24) is 4.98 Å². The van der Waals surface area contributed by atoms with Gasteiger partial charge in [-0.05, 0) is 50.1 Å². The fraction of sp³-hybridized carbons (Fsp3) is 0.273. The summed E-state index contributed by atoms with van der Waals surface area (Å²) < 4.78 is 0. The smallest absolute Gasteiger partial charge is 0.250 e. The van der Waals surface area contributed by atoms with E-state index in [1.807, 2.05) is 30.5 Å². The van der Waals surface area contributed by atoms with Gasteiger partial charge in [0.15, 0.2) is 0 Å². The average Bonchev–Trinajstić information content (AvgIpc) is 2.69. The lowest BCUT2D eigenvalue weighted by molar-refractivity contribution is -0.121. The summed E-state index contributed by atoms with van der Waals surface area (Å²) in [7, 11) is 0. The number of hydrogen-bond acceptors (Lipinski definition) is 4. The van der Waals surface area contributed by atoms with Gasteiger partial charge in [0.25, 0.3) is 0 Å². The number of benzene rings is 2. The van der Waals surface area contributed by atoms with Crippen molar-refractivity contribution in [3.63, 3.8) is 0 Å². The molecule has 0 aliphatic carbocycles. The fourth-order valence-electron chi connectivity index (χ4n) is 4.26. The van der Waals surface area contributed by atoms with Crippen LogP contribution < -0.4 is 15.5 Å². The highest BCUT2D eigenvalue weighted by molar-refractivity contribution is 6.06. The monoisotopic (exact) mass is 358 g/mol. The van der Waals surface area contributed by atoms with Crippen LogP contribution in [0.3, 0.4) is 0 Å². The van der Waals surface area contributed by atoms with Crippen LogP contribution >= 0.6 is 0 Å². The molecule has 2 N–H and O–H groups in total. The van der Waals surface area contributed by atoms with Crippen LogP contribution in [0.2, 0.25) is 0 Å². The summed E-state index contributed by atoms with van der Waals surface area (Å²) in [6.45, 7) is 3.76. The van der Waals surface area contributed by atoms with Crippen LogP contribution in [-0.2, 0) is 4.79 Å². The maximum atomic E-state index is 12.8. The highest BCUT2D eigenvalue weighted by Crippen LogP contribution is 2.38. The molecule has 0 unspecified atom stereocenters. The molecule has 5 nitrogen and oxygen atoms in total. The summed E-state index contributed by atoms with van der Waals surface area (Å²) in [5.74, 6) is 0.0799. The van der Waals surface area contributed by atoms with E-state index in [0.717, 1.165) is 42.8 Å². The molecular weight excluding hydrogens is 336 g/mol. The number of piperidine rings is 1. The standard InChI is InChI=1S/C22H22N4O/c1-15-6-7-17-16(14-15)20(8-11-23-17)26-12-9-22(10-13-26)21(27)24-18-4-2-3-5-19(18)25-22/h2-8,11,14,25H,9-10,12-13H2,1H3,(H,24,27). The van der Waals surface area contributed by atoms with E-state index < -0.39 is 5.54 Å². The van der Waals surface area contributed by atoms with E-state index in [1.54, 1.807) is 0 Å². The predicted octanol–water partition coefficient (Wildman–Crippen LogP) is 3.95. The number of rotatable bonds is 1. The minimum Gasteiger partial charge on any atom is -0.371 e. The zero-order valence-electron chi connectivity index (χ0n) is 15.3. The molecule has 5 heteroatoms. The third kappa shape index (κ3) is 2.62. The average molecular weight is 358 g/mol. The molecule has 3 heterocycles. The quantitative estimate of drug-likeness (QED) is 0.692. The highest BCUT2D eigenvalue weighted by Gasteiger charge is 2.44. The Morgan fingerprint density at radius 3 is 2.63 bits per heavy atom. The number of amides is 1. The first kappa shape index (κ1) is 16.1. The number of carbonyl (C=O) groups excluding carboxylic acids is 1. The summed E-state index contributed by atoms with van der Waals surface area (Å²) >= 11 is 0. The molecule has 27 heavy (non-hydrogen) atoms. The number of carbonyl (C=O) groups is 1. The number of hydrogen-bond donors (Lipinski definition) is 2.